The van der Waals surface area contributed by atoms with Crippen LogP contribution in [-0.2, 0) is 14.4 Å². The molecule has 0 bridgehead atoms. The molecule has 0 aliphatic carbocycles. The predicted molar refractivity (Wildman–Crippen MR) is 39.3 cm³/mol. The van der Waals surface area contributed by atoms with E-state index in [2.05, 4.69) is 9.44 Å². The maximum absolute atomic E-state index is 10.7. The topological polar surface area (TPSA) is 55.7 Å². The Morgan fingerprint density at radius 1 is 1.60 bits per heavy atom. The Kier molecular flexibility index (Phi) is 4.02. The van der Waals surface area contributed by atoms with Gasteiger partial charge < -0.3 is 0 Å². The monoisotopic (exact) mass is 165 g/mol. The lowest BCUT2D eigenvalue weighted by molar-refractivity contribution is 0.340. The highest BCUT2D eigenvalue weighted by Crippen LogP contribution is 1.95. The summed E-state index contributed by atoms with van der Waals surface area (Å²) >= 11 is 0. The first-order chi connectivity index (χ1) is 4.62. The van der Waals surface area contributed by atoms with E-state index in [0.717, 1.165) is 0 Å². The molecule has 60 valence electrons. The molecule has 0 saturated heterocycles. The number of oxime groups is 1. The van der Waals surface area contributed by atoms with Crippen molar-refractivity contribution in [3.63, 3.8) is 0 Å². The van der Waals surface area contributed by atoms with Crippen LogP contribution >= 0.6 is 0 Å². The average molecular weight is 165 g/mol. The van der Waals surface area contributed by atoms with Crippen LogP contribution in [0.2, 0.25) is 0 Å². The van der Waals surface area contributed by atoms with Crippen molar-refractivity contribution in [2.24, 2.45) is 5.16 Å². The highest BCUT2D eigenvalue weighted by Gasteiger charge is 2.07. The molecule has 0 atom stereocenters. The van der Waals surface area contributed by atoms with E-state index in [0.29, 0.717) is 6.42 Å². The van der Waals surface area contributed by atoms with Crippen LogP contribution in [0.4, 0.5) is 0 Å². The largest absolute Gasteiger partial charge is 0.328 e. The van der Waals surface area contributed by atoms with Crippen LogP contribution in [0.3, 0.4) is 0 Å². The van der Waals surface area contributed by atoms with E-state index in [4.69, 9.17) is 0 Å². The SMILES string of the molecule is CC=NOS(=O)(=O)CCC. The van der Waals surface area contributed by atoms with Crippen molar-refractivity contribution in [3.05, 3.63) is 0 Å². The highest BCUT2D eigenvalue weighted by atomic mass is 32.2. The highest BCUT2D eigenvalue weighted by molar-refractivity contribution is 7.86. The van der Waals surface area contributed by atoms with Gasteiger partial charge in [0, 0.05) is 6.21 Å². The summed E-state index contributed by atoms with van der Waals surface area (Å²) in [6, 6.07) is 0. The second-order valence-corrected chi connectivity index (χ2v) is 3.37. The van der Waals surface area contributed by atoms with Gasteiger partial charge in [0.05, 0.1) is 5.75 Å². The summed E-state index contributed by atoms with van der Waals surface area (Å²) in [7, 11) is -3.39. The molecule has 0 aromatic heterocycles. The van der Waals surface area contributed by atoms with Gasteiger partial charge in [-0.3, -0.25) is 4.28 Å². The van der Waals surface area contributed by atoms with Gasteiger partial charge in [-0.15, -0.1) is 0 Å². The fourth-order valence-corrected chi connectivity index (χ4v) is 1.19. The molecule has 0 aromatic rings. The van der Waals surface area contributed by atoms with Crippen molar-refractivity contribution in [3.8, 4) is 0 Å². The van der Waals surface area contributed by atoms with Crippen molar-refractivity contribution in [2.45, 2.75) is 20.3 Å². The molecule has 0 aliphatic heterocycles. The number of rotatable bonds is 4. The Morgan fingerprint density at radius 2 is 2.20 bits per heavy atom. The van der Waals surface area contributed by atoms with Crippen LogP contribution in [0.15, 0.2) is 5.16 Å². The molecule has 10 heavy (non-hydrogen) atoms. The summed E-state index contributed by atoms with van der Waals surface area (Å²) < 4.78 is 25.5. The van der Waals surface area contributed by atoms with Gasteiger partial charge in [-0.2, -0.15) is 8.42 Å². The van der Waals surface area contributed by atoms with Crippen molar-refractivity contribution in [1.29, 1.82) is 0 Å². The summed E-state index contributed by atoms with van der Waals surface area (Å²) in [5.74, 6) is 0.0182. The average Bonchev–Trinajstić information content (AvgIpc) is 1.84. The fourth-order valence-electron chi connectivity index (χ4n) is 0.396. The quantitative estimate of drug-likeness (QED) is 0.456. The molecule has 0 unspecified atom stereocenters. The Hall–Kier alpha value is -0.580. The number of hydrogen-bond acceptors (Lipinski definition) is 4. The molecule has 0 saturated carbocycles. The lowest BCUT2D eigenvalue weighted by Crippen LogP contribution is -2.05. The first-order valence-electron chi connectivity index (χ1n) is 3.01. The minimum absolute atomic E-state index is 0.0182. The summed E-state index contributed by atoms with van der Waals surface area (Å²) in [5, 5.41) is 3.15. The zero-order valence-electron chi connectivity index (χ0n) is 6.07. The normalized spacial score (nSPS) is 12.2. The van der Waals surface area contributed by atoms with E-state index >= 15 is 0 Å². The zero-order chi connectivity index (χ0) is 8.04. The van der Waals surface area contributed by atoms with Crippen LogP contribution in [-0.4, -0.2) is 20.4 Å². The lowest BCUT2D eigenvalue weighted by Gasteiger charge is -1.95. The lowest BCUT2D eigenvalue weighted by atomic mass is 10.6. The van der Waals surface area contributed by atoms with E-state index in [-0.39, 0.29) is 5.75 Å². The van der Waals surface area contributed by atoms with E-state index in [1.807, 2.05) is 0 Å². The van der Waals surface area contributed by atoms with Gasteiger partial charge in [-0.05, 0) is 13.3 Å². The first-order valence-corrected chi connectivity index (χ1v) is 4.59. The summed E-state index contributed by atoms with van der Waals surface area (Å²) in [6.45, 7) is 3.35. The molecule has 0 amide bonds. The third-order valence-electron chi connectivity index (χ3n) is 0.716. The summed E-state index contributed by atoms with van der Waals surface area (Å²) in [5.41, 5.74) is 0. The van der Waals surface area contributed by atoms with E-state index in [1.165, 1.54) is 6.21 Å². The molecule has 0 N–H and O–H groups in total. The molecular formula is C5H11NO3S. The van der Waals surface area contributed by atoms with E-state index in [1.54, 1.807) is 13.8 Å². The van der Waals surface area contributed by atoms with Gasteiger partial charge in [0.1, 0.15) is 0 Å². The zero-order valence-corrected chi connectivity index (χ0v) is 6.89. The smallest absolute Gasteiger partial charge is 0.269 e. The van der Waals surface area contributed by atoms with Gasteiger partial charge in [-0.1, -0.05) is 12.1 Å². The molecule has 0 spiro atoms. The Morgan fingerprint density at radius 3 is 2.60 bits per heavy atom. The summed E-state index contributed by atoms with van der Waals surface area (Å²) in [6.07, 6.45) is 1.83. The second kappa shape index (κ2) is 4.27. The Balaban J connectivity index is 3.89. The second-order valence-electron chi connectivity index (χ2n) is 1.70. The fraction of sp³-hybridized carbons (Fsp3) is 0.800. The molecule has 0 fully saturated rings. The van der Waals surface area contributed by atoms with E-state index < -0.39 is 10.1 Å². The predicted octanol–water partition coefficient (Wildman–Crippen LogP) is 0.749. The molecule has 5 heteroatoms. The summed E-state index contributed by atoms with van der Waals surface area (Å²) in [4.78, 5) is 0. The van der Waals surface area contributed by atoms with Gasteiger partial charge in [0.25, 0.3) is 0 Å². The van der Waals surface area contributed by atoms with Crippen molar-refractivity contribution >= 4 is 16.3 Å². The van der Waals surface area contributed by atoms with Crippen molar-refractivity contribution in [2.75, 3.05) is 5.75 Å². The number of nitrogens with zero attached hydrogens (tertiary/aromatic N) is 1. The maximum atomic E-state index is 10.7. The van der Waals surface area contributed by atoms with E-state index in [9.17, 15) is 8.42 Å². The minimum Gasteiger partial charge on any atom is -0.269 e. The van der Waals surface area contributed by atoms with Gasteiger partial charge in [-0.25, -0.2) is 0 Å². The third-order valence-corrected chi connectivity index (χ3v) is 1.94. The molecule has 4 nitrogen and oxygen atoms in total. The molecule has 0 aliphatic rings. The van der Waals surface area contributed by atoms with Crippen LogP contribution in [0.1, 0.15) is 20.3 Å². The van der Waals surface area contributed by atoms with Crippen LogP contribution in [0.5, 0.6) is 0 Å². The molecular weight excluding hydrogens is 154 g/mol. The first kappa shape index (κ1) is 9.42. The molecule has 0 aromatic carbocycles. The Labute approximate surface area is 61.0 Å². The molecule has 0 rings (SSSR count). The van der Waals surface area contributed by atoms with Crippen molar-refractivity contribution < 1.29 is 12.7 Å². The van der Waals surface area contributed by atoms with Gasteiger partial charge in [0.15, 0.2) is 0 Å². The van der Waals surface area contributed by atoms with Crippen LogP contribution in [0, 0.1) is 0 Å². The standard InChI is InChI=1S/C5H11NO3S/c1-3-5-10(7,8)9-6-4-2/h4H,3,5H2,1-2H3. The Bertz CT molecular complexity index is 195. The van der Waals surface area contributed by atoms with Crippen LogP contribution in [0.25, 0.3) is 0 Å². The maximum Gasteiger partial charge on any atom is 0.328 e. The minimum atomic E-state index is -3.39. The van der Waals surface area contributed by atoms with Gasteiger partial charge in [0.2, 0.25) is 0 Å². The van der Waals surface area contributed by atoms with Crippen LogP contribution < -0.4 is 0 Å². The molecule has 0 heterocycles. The van der Waals surface area contributed by atoms with Gasteiger partial charge >= 0.3 is 10.1 Å². The molecule has 0 radical (unpaired) electrons. The van der Waals surface area contributed by atoms with Crippen molar-refractivity contribution in [1.82, 2.24) is 0 Å². The number of hydrogen-bond donors (Lipinski definition) is 0. The third kappa shape index (κ3) is 4.31.